The molecule has 24 heavy (non-hydrogen) atoms. The molecule has 0 bridgehead atoms. The fraction of sp³-hybridized carbons (Fsp3) is 0.750. The van der Waals surface area contributed by atoms with Gasteiger partial charge in [0.05, 0.1) is 18.8 Å². The number of rotatable bonds is 1. The molecule has 132 valence electrons. The maximum Gasteiger partial charge on any atom is 0.435 e. The van der Waals surface area contributed by atoms with Gasteiger partial charge in [-0.3, -0.25) is 4.68 Å². The molecular weight excluding hydrogens is 321 g/mol. The van der Waals surface area contributed by atoms with E-state index in [0.29, 0.717) is 24.2 Å². The lowest BCUT2D eigenvalue weighted by Gasteiger charge is -2.29. The van der Waals surface area contributed by atoms with Gasteiger partial charge in [0, 0.05) is 12.6 Å². The molecule has 2 amide bonds. The predicted octanol–water partition coefficient (Wildman–Crippen LogP) is 3.15. The van der Waals surface area contributed by atoms with E-state index in [0.717, 1.165) is 12.5 Å². The number of amides is 2. The lowest BCUT2D eigenvalue weighted by molar-refractivity contribution is -0.141. The van der Waals surface area contributed by atoms with Crippen molar-refractivity contribution < 1.29 is 18.0 Å². The Labute approximate surface area is 138 Å². The van der Waals surface area contributed by atoms with Crippen LogP contribution < -0.4 is 5.32 Å². The first-order valence-electron chi connectivity index (χ1n) is 8.57. The average molecular weight is 342 g/mol. The molecule has 1 aromatic heterocycles. The minimum absolute atomic E-state index is 0.163. The van der Waals surface area contributed by atoms with Crippen LogP contribution >= 0.6 is 0 Å². The van der Waals surface area contributed by atoms with Gasteiger partial charge in [-0.05, 0) is 30.7 Å². The fourth-order valence-electron chi connectivity index (χ4n) is 4.18. The third kappa shape index (κ3) is 2.75. The molecule has 1 unspecified atom stereocenters. The zero-order chi connectivity index (χ0) is 16.9. The highest BCUT2D eigenvalue weighted by atomic mass is 19.4. The summed E-state index contributed by atoms with van der Waals surface area (Å²) >= 11 is 0. The van der Waals surface area contributed by atoms with E-state index in [4.69, 9.17) is 0 Å². The number of urea groups is 1. The molecule has 1 atom stereocenters. The number of aromatic nitrogens is 2. The lowest BCUT2D eigenvalue weighted by atomic mass is 9.86. The minimum Gasteiger partial charge on any atom is -0.335 e. The number of carbonyl (C=O) groups excluding carboxylic acids is 1. The molecule has 4 rings (SSSR count). The van der Waals surface area contributed by atoms with E-state index in [-0.39, 0.29) is 18.6 Å². The Bertz CT molecular complexity index is 648. The van der Waals surface area contributed by atoms with Crippen LogP contribution in [0.3, 0.4) is 0 Å². The van der Waals surface area contributed by atoms with Crippen LogP contribution in [0.2, 0.25) is 0 Å². The monoisotopic (exact) mass is 342 g/mol. The molecule has 5 nitrogen and oxygen atoms in total. The summed E-state index contributed by atoms with van der Waals surface area (Å²) in [5.41, 5.74) is -0.149. The molecule has 0 radical (unpaired) electrons. The van der Waals surface area contributed by atoms with Crippen molar-refractivity contribution in [1.82, 2.24) is 20.0 Å². The first kappa shape index (κ1) is 15.8. The minimum atomic E-state index is -4.45. The van der Waals surface area contributed by atoms with E-state index in [1.807, 2.05) is 0 Å². The molecule has 1 aliphatic heterocycles. The number of hydrogen-bond donors (Lipinski definition) is 1. The van der Waals surface area contributed by atoms with Gasteiger partial charge in [-0.2, -0.15) is 18.3 Å². The van der Waals surface area contributed by atoms with Gasteiger partial charge in [0.25, 0.3) is 0 Å². The van der Waals surface area contributed by atoms with Crippen LogP contribution in [0.1, 0.15) is 49.9 Å². The normalized spacial score (nSPS) is 25.5. The fourth-order valence-corrected chi connectivity index (χ4v) is 4.18. The van der Waals surface area contributed by atoms with Crippen LogP contribution in [-0.2, 0) is 19.3 Å². The van der Waals surface area contributed by atoms with Gasteiger partial charge >= 0.3 is 12.2 Å². The number of carbonyl (C=O) groups is 1. The van der Waals surface area contributed by atoms with Crippen LogP contribution in [0.5, 0.6) is 0 Å². The summed E-state index contributed by atoms with van der Waals surface area (Å²) in [6, 6.07) is 1.12. The largest absolute Gasteiger partial charge is 0.435 e. The van der Waals surface area contributed by atoms with Crippen molar-refractivity contribution in [3.8, 4) is 0 Å². The highest BCUT2D eigenvalue weighted by Gasteiger charge is 2.54. The Balaban J connectivity index is 1.38. The zero-order valence-electron chi connectivity index (χ0n) is 13.4. The second kappa shape index (κ2) is 5.39. The van der Waals surface area contributed by atoms with Gasteiger partial charge in [0.2, 0.25) is 0 Å². The van der Waals surface area contributed by atoms with Gasteiger partial charge in [0.1, 0.15) is 0 Å². The summed E-state index contributed by atoms with van der Waals surface area (Å²) in [5, 5.41) is 6.68. The van der Waals surface area contributed by atoms with Gasteiger partial charge in [0.15, 0.2) is 5.69 Å². The van der Waals surface area contributed by atoms with Crippen LogP contribution in [0, 0.1) is 5.41 Å². The van der Waals surface area contributed by atoms with Crippen molar-refractivity contribution >= 4 is 6.03 Å². The van der Waals surface area contributed by atoms with Crippen LogP contribution in [0.15, 0.2) is 6.07 Å². The number of halogens is 3. The van der Waals surface area contributed by atoms with E-state index in [9.17, 15) is 18.0 Å². The lowest BCUT2D eigenvalue weighted by Crippen LogP contribution is -2.45. The smallest absolute Gasteiger partial charge is 0.335 e. The van der Waals surface area contributed by atoms with Crippen molar-refractivity contribution in [3.05, 3.63) is 17.5 Å². The van der Waals surface area contributed by atoms with Gasteiger partial charge < -0.3 is 10.2 Å². The number of alkyl halides is 3. The molecule has 0 aromatic carbocycles. The summed E-state index contributed by atoms with van der Waals surface area (Å²) in [7, 11) is 0. The van der Waals surface area contributed by atoms with E-state index in [1.165, 1.54) is 36.8 Å². The standard InChI is InChI=1S/C16H21F3N4O/c17-16(18,19)12-8-11-10-22(6-7-23(11)21-12)14(24)20-13-9-15(13)4-2-1-3-5-15/h8,13H,1-7,9-10H2,(H,20,24). The Morgan fingerprint density at radius 3 is 2.71 bits per heavy atom. The maximum absolute atomic E-state index is 12.7. The summed E-state index contributed by atoms with van der Waals surface area (Å²) < 4.78 is 39.6. The zero-order valence-corrected chi connectivity index (χ0v) is 13.4. The van der Waals surface area contributed by atoms with Crippen molar-refractivity contribution in [1.29, 1.82) is 0 Å². The molecule has 1 N–H and O–H groups in total. The van der Waals surface area contributed by atoms with Gasteiger partial charge in [-0.25, -0.2) is 4.79 Å². The Hall–Kier alpha value is -1.73. The van der Waals surface area contributed by atoms with E-state index < -0.39 is 11.9 Å². The Kier molecular flexibility index (Phi) is 3.54. The first-order chi connectivity index (χ1) is 11.4. The van der Waals surface area contributed by atoms with Crippen molar-refractivity contribution in [2.75, 3.05) is 6.54 Å². The molecule has 2 saturated carbocycles. The second-order valence-electron chi connectivity index (χ2n) is 7.29. The highest BCUT2D eigenvalue weighted by Crippen LogP contribution is 2.56. The SMILES string of the molecule is O=C(NC1CC12CCCCC2)N1CCn2nc(C(F)(F)F)cc2C1. The molecule has 3 aliphatic rings. The molecule has 8 heteroatoms. The molecule has 0 saturated heterocycles. The third-order valence-corrected chi connectivity index (χ3v) is 5.71. The third-order valence-electron chi connectivity index (χ3n) is 5.71. The topological polar surface area (TPSA) is 50.2 Å². The summed E-state index contributed by atoms with van der Waals surface area (Å²) in [4.78, 5) is 14.0. The van der Waals surface area contributed by atoms with Crippen molar-refractivity contribution in [3.63, 3.8) is 0 Å². The number of nitrogens with zero attached hydrogens (tertiary/aromatic N) is 3. The van der Waals surface area contributed by atoms with Gasteiger partial charge in [-0.15, -0.1) is 0 Å². The molecule has 2 heterocycles. The number of nitrogens with one attached hydrogen (secondary N) is 1. The van der Waals surface area contributed by atoms with Crippen LogP contribution in [-0.4, -0.2) is 33.3 Å². The molecular formula is C16H21F3N4O. The quantitative estimate of drug-likeness (QED) is 0.852. The molecule has 2 fully saturated rings. The van der Waals surface area contributed by atoms with Crippen molar-refractivity contribution in [2.24, 2.45) is 5.41 Å². The molecule has 1 aromatic rings. The van der Waals surface area contributed by atoms with E-state index in [1.54, 1.807) is 4.90 Å². The van der Waals surface area contributed by atoms with Gasteiger partial charge in [-0.1, -0.05) is 19.3 Å². The van der Waals surface area contributed by atoms with Crippen LogP contribution in [0.4, 0.5) is 18.0 Å². The molecule has 2 aliphatic carbocycles. The second-order valence-corrected chi connectivity index (χ2v) is 7.29. The molecule has 1 spiro atoms. The first-order valence-corrected chi connectivity index (χ1v) is 8.57. The maximum atomic E-state index is 12.7. The van der Waals surface area contributed by atoms with E-state index in [2.05, 4.69) is 10.4 Å². The Morgan fingerprint density at radius 2 is 2.00 bits per heavy atom. The summed E-state index contributed by atoms with van der Waals surface area (Å²) in [6.45, 7) is 0.862. The van der Waals surface area contributed by atoms with E-state index >= 15 is 0 Å². The number of fused-ring (bicyclic) bond motifs is 1. The summed E-state index contributed by atoms with van der Waals surface area (Å²) in [5.74, 6) is 0. The average Bonchev–Trinajstić information content (AvgIpc) is 2.99. The highest BCUT2D eigenvalue weighted by molar-refractivity contribution is 5.75. The number of hydrogen-bond acceptors (Lipinski definition) is 2. The predicted molar refractivity (Wildman–Crippen MR) is 80.1 cm³/mol. The summed E-state index contributed by atoms with van der Waals surface area (Å²) in [6.07, 6.45) is 2.70. The van der Waals surface area contributed by atoms with Crippen LogP contribution in [0.25, 0.3) is 0 Å². The Morgan fingerprint density at radius 1 is 1.25 bits per heavy atom. The van der Waals surface area contributed by atoms with Crippen molar-refractivity contribution in [2.45, 2.75) is 63.8 Å².